The van der Waals surface area contributed by atoms with Gasteiger partial charge in [-0.3, -0.25) is 4.79 Å². The Balaban J connectivity index is 1.71. The van der Waals surface area contributed by atoms with E-state index in [0.717, 1.165) is 30.4 Å². The molecular formula is C15H18BrN5O2S. The lowest BCUT2D eigenvalue weighted by atomic mass is 10.1. The van der Waals surface area contributed by atoms with Crippen LogP contribution < -0.4 is 15.0 Å². The van der Waals surface area contributed by atoms with Crippen molar-refractivity contribution in [3.63, 3.8) is 0 Å². The first-order valence-electron chi connectivity index (χ1n) is 7.72. The van der Waals surface area contributed by atoms with Crippen molar-refractivity contribution in [3.05, 3.63) is 26.6 Å². The van der Waals surface area contributed by atoms with Crippen LogP contribution in [0.3, 0.4) is 0 Å². The van der Waals surface area contributed by atoms with Crippen molar-refractivity contribution < 1.29 is 9.53 Å². The average Bonchev–Trinajstić information content (AvgIpc) is 3.06. The lowest BCUT2D eigenvalue weighted by Crippen LogP contribution is -2.32. The molecule has 128 valence electrons. The van der Waals surface area contributed by atoms with Crippen molar-refractivity contribution in [3.8, 4) is 6.01 Å². The average molecular weight is 412 g/mol. The van der Waals surface area contributed by atoms with Crippen LogP contribution in [0.25, 0.3) is 0 Å². The van der Waals surface area contributed by atoms with Crippen LogP contribution in [0.15, 0.2) is 15.9 Å². The van der Waals surface area contributed by atoms with Crippen molar-refractivity contribution in [1.82, 2.24) is 20.3 Å². The summed E-state index contributed by atoms with van der Waals surface area (Å²) >= 11 is 4.73. The summed E-state index contributed by atoms with van der Waals surface area (Å²) in [6.45, 7) is 2.10. The maximum Gasteiger partial charge on any atom is 0.321 e. The maximum absolute atomic E-state index is 12.1. The van der Waals surface area contributed by atoms with Gasteiger partial charge in [-0.05, 0) is 41.3 Å². The Kier molecular flexibility index (Phi) is 5.62. The molecule has 3 rings (SSSR count). The Bertz CT molecular complexity index is 718. The fourth-order valence-corrected chi connectivity index (χ4v) is 3.81. The minimum Gasteiger partial charge on any atom is -0.467 e. The number of hydrogen-bond donors (Lipinski definition) is 1. The van der Waals surface area contributed by atoms with E-state index in [9.17, 15) is 4.79 Å². The van der Waals surface area contributed by atoms with Crippen LogP contribution in [0.1, 0.15) is 34.8 Å². The molecule has 1 N–H and O–H groups in total. The van der Waals surface area contributed by atoms with Crippen LogP contribution >= 0.6 is 27.3 Å². The molecule has 1 aliphatic rings. The van der Waals surface area contributed by atoms with E-state index < -0.39 is 0 Å². The number of thiophene rings is 1. The number of nitrogens with zero attached hydrogens (tertiary/aromatic N) is 4. The Morgan fingerprint density at radius 2 is 2.12 bits per heavy atom. The van der Waals surface area contributed by atoms with Gasteiger partial charge in [-0.25, -0.2) is 0 Å². The largest absolute Gasteiger partial charge is 0.467 e. The number of nitrogens with one attached hydrogen (secondary N) is 1. The summed E-state index contributed by atoms with van der Waals surface area (Å²) in [7, 11) is 1.53. The lowest BCUT2D eigenvalue weighted by Gasteiger charge is -2.26. The minimum absolute atomic E-state index is 0.149. The second kappa shape index (κ2) is 7.89. The van der Waals surface area contributed by atoms with Crippen LogP contribution in [0.5, 0.6) is 6.01 Å². The zero-order chi connectivity index (χ0) is 16.9. The Morgan fingerprint density at radius 3 is 2.79 bits per heavy atom. The highest BCUT2D eigenvalue weighted by Crippen LogP contribution is 2.20. The van der Waals surface area contributed by atoms with Gasteiger partial charge < -0.3 is 15.0 Å². The quantitative estimate of drug-likeness (QED) is 0.814. The predicted octanol–water partition coefficient (Wildman–Crippen LogP) is 2.62. The van der Waals surface area contributed by atoms with Crippen LogP contribution in [0.2, 0.25) is 0 Å². The predicted molar refractivity (Wildman–Crippen MR) is 95.6 cm³/mol. The molecule has 0 unspecified atom stereocenters. The number of hydrogen-bond acceptors (Lipinski definition) is 7. The molecule has 1 amide bonds. The minimum atomic E-state index is -0.149. The van der Waals surface area contributed by atoms with E-state index >= 15 is 0 Å². The number of rotatable bonds is 5. The summed E-state index contributed by atoms with van der Waals surface area (Å²) in [4.78, 5) is 27.9. The molecule has 9 heteroatoms. The van der Waals surface area contributed by atoms with Gasteiger partial charge in [-0.15, -0.1) is 11.3 Å². The third kappa shape index (κ3) is 4.21. The molecule has 0 atom stereocenters. The molecular weight excluding hydrogens is 394 g/mol. The highest BCUT2D eigenvalue weighted by atomic mass is 79.9. The van der Waals surface area contributed by atoms with Crippen molar-refractivity contribution in [2.45, 2.75) is 25.8 Å². The molecule has 7 nitrogen and oxygen atoms in total. The van der Waals surface area contributed by atoms with Crippen LogP contribution in [0, 0.1) is 0 Å². The van der Waals surface area contributed by atoms with E-state index in [4.69, 9.17) is 4.74 Å². The SMILES string of the molecule is COc1nc(CNC(=O)c2cc(Br)cs2)nc(N2CCCCC2)n1. The van der Waals surface area contributed by atoms with Gasteiger partial charge >= 0.3 is 6.01 Å². The number of carbonyl (C=O) groups excluding carboxylic acids is 1. The third-order valence-electron chi connectivity index (χ3n) is 3.67. The molecule has 0 aliphatic carbocycles. The molecule has 1 fully saturated rings. The first-order chi connectivity index (χ1) is 11.7. The van der Waals surface area contributed by atoms with Gasteiger partial charge in [-0.1, -0.05) is 0 Å². The molecule has 2 aromatic heterocycles. The summed E-state index contributed by atoms with van der Waals surface area (Å²) < 4.78 is 6.07. The zero-order valence-electron chi connectivity index (χ0n) is 13.3. The standard InChI is InChI=1S/C15H18BrN5O2S/c1-23-15-19-12(8-17-13(22)11-7-10(16)9-24-11)18-14(20-15)21-5-3-2-4-6-21/h7,9H,2-6,8H2,1H3,(H,17,22). The van der Waals surface area contributed by atoms with E-state index in [0.29, 0.717) is 16.6 Å². The molecule has 0 radical (unpaired) electrons. The van der Waals surface area contributed by atoms with Gasteiger partial charge in [0, 0.05) is 22.9 Å². The van der Waals surface area contributed by atoms with Gasteiger partial charge in [0.25, 0.3) is 5.91 Å². The Hall–Kier alpha value is -1.74. The first-order valence-corrected chi connectivity index (χ1v) is 9.39. The number of anilines is 1. The topological polar surface area (TPSA) is 80.2 Å². The van der Waals surface area contributed by atoms with E-state index in [1.807, 2.05) is 5.38 Å². The van der Waals surface area contributed by atoms with Crippen molar-refractivity contribution in [2.75, 3.05) is 25.1 Å². The molecule has 2 aromatic rings. The van der Waals surface area contributed by atoms with Crippen LogP contribution in [-0.4, -0.2) is 41.1 Å². The molecule has 0 saturated carbocycles. The van der Waals surface area contributed by atoms with Crippen molar-refractivity contribution in [1.29, 1.82) is 0 Å². The summed E-state index contributed by atoms with van der Waals surface area (Å²) in [6, 6.07) is 2.06. The second-order valence-corrected chi connectivity index (χ2v) is 7.22. The van der Waals surface area contributed by atoms with Crippen molar-refractivity contribution in [2.24, 2.45) is 0 Å². The summed E-state index contributed by atoms with van der Waals surface area (Å²) in [5.41, 5.74) is 0. The number of methoxy groups -OCH3 is 1. The van der Waals surface area contributed by atoms with Gasteiger partial charge in [0.05, 0.1) is 18.5 Å². The molecule has 1 saturated heterocycles. The number of halogens is 1. The van der Waals surface area contributed by atoms with Gasteiger partial charge in [0.2, 0.25) is 5.95 Å². The fraction of sp³-hybridized carbons (Fsp3) is 0.467. The van der Waals surface area contributed by atoms with Crippen LogP contribution in [-0.2, 0) is 6.54 Å². The lowest BCUT2D eigenvalue weighted by molar-refractivity contribution is 0.0953. The smallest absolute Gasteiger partial charge is 0.321 e. The normalized spacial score (nSPS) is 14.5. The number of carbonyl (C=O) groups is 1. The van der Waals surface area contributed by atoms with Gasteiger partial charge in [0.1, 0.15) is 0 Å². The first kappa shape index (κ1) is 17.1. The molecule has 24 heavy (non-hydrogen) atoms. The molecule has 0 aromatic carbocycles. The molecule has 0 spiro atoms. The number of amides is 1. The van der Waals surface area contributed by atoms with E-state index in [-0.39, 0.29) is 18.5 Å². The summed E-state index contributed by atoms with van der Waals surface area (Å²) in [5.74, 6) is 0.959. The Labute approximate surface area is 152 Å². The second-order valence-electron chi connectivity index (χ2n) is 5.40. The fourth-order valence-electron chi connectivity index (χ4n) is 2.47. The number of aromatic nitrogens is 3. The Morgan fingerprint density at radius 1 is 1.33 bits per heavy atom. The highest BCUT2D eigenvalue weighted by Gasteiger charge is 2.17. The molecule has 3 heterocycles. The molecule has 0 bridgehead atoms. The number of piperidine rings is 1. The highest BCUT2D eigenvalue weighted by molar-refractivity contribution is 9.10. The maximum atomic E-state index is 12.1. The summed E-state index contributed by atoms with van der Waals surface area (Å²) in [6.07, 6.45) is 3.50. The number of ether oxygens (including phenoxy) is 1. The van der Waals surface area contributed by atoms with Crippen molar-refractivity contribution >= 4 is 39.1 Å². The van der Waals surface area contributed by atoms with E-state index in [1.54, 1.807) is 6.07 Å². The van der Waals surface area contributed by atoms with Gasteiger partial charge in [0.15, 0.2) is 5.82 Å². The zero-order valence-corrected chi connectivity index (χ0v) is 15.7. The van der Waals surface area contributed by atoms with E-state index in [2.05, 4.69) is 41.1 Å². The van der Waals surface area contributed by atoms with Crippen LogP contribution in [0.4, 0.5) is 5.95 Å². The van der Waals surface area contributed by atoms with E-state index in [1.165, 1.54) is 24.9 Å². The molecule has 1 aliphatic heterocycles. The monoisotopic (exact) mass is 411 g/mol. The van der Waals surface area contributed by atoms with Gasteiger partial charge in [-0.2, -0.15) is 15.0 Å². The third-order valence-corrected chi connectivity index (χ3v) is 5.36. The summed E-state index contributed by atoms with van der Waals surface area (Å²) in [5, 5.41) is 4.70.